The number of nitrogens with zero attached hydrogens (tertiary/aromatic N) is 2. The first-order valence-corrected chi connectivity index (χ1v) is 7.07. The SMILES string of the molecule is Cn1nccc1CNC(=O)COc1ccc2ccccc2c1. The second-order valence-corrected chi connectivity index (χ2v) is 5.02. The average molecular weight is 295 g/mol. The number of aryl methyl sites for hydroxylation is 1. The fourth-order valence-electron chi connectivity index (χ4n) is 2.22. The quantitative estimate of drug-likeness (QED) is 0.785. The van der Waals surface area contributed by atoms with Crippen molar-refractivity contribution in [2.24, 2.45) is 7.05 Å². The molecule has 0 atom stereocenters. The van der Waals surface area contributed by atoms with Crippen molar-refractivity contribution in [1.82, 2.24) is 15.1 Å². The molecular formula is C17H17N3O2. The van der Waals surface area contributed by atoms with Gasteiger partial charge in [0.05, 0.1) is 12.2 Å². The monoisotopic (exact) mass is 295 g/mol. The zero-order valence-corrected chi connectivity index (χ0v) is 12.3. The number of fused-ring (bicyclic) bond motifs is 1. The van der Waals surface area contributed by atoms with Crippen molar-refractivity contribution in [3.63, 3.8) is 0 Å². The zero-order chi connectivity index (χ0) is 15.4. The molecule has 0 fully saturated rings. The molecule has 0 saturated heterocycles. The fraction of sp³-hybridized carbons (Fsp3) is 0.176. The van der Waals surface area contributed by atoms with Crippen LogP contribution in [0.3, 0.4) is 0 Å². The van der Waals surface area contributed by atoms with Gasteiger partial charge in [0.2, 0.25) is 0 Å². The van der Waals surface area contributed by atoms with Crippen LogP contribution in [0, 0.1) is 0 Å². The highest BCUT2D eigenvalue weighted by atomic mass is 16.5. The van der Waals surface area contributed by atoms with Gasteiger partial charge in [-0.25, -0.2) is 0 Å². The number of amides is 1. The first-order valence-electron chi connectivity index (χ1n) is 7.07. The van der Waals surface area contributed by atoms with E-state index in [1.165, 1.54) is 0 Å². The van der Waals surface area contributed by atoms with E-state index in [9.17, 15) is 4.79 Å². The van der Waals surface area contributed by atoms with Crippen molar-refractivity contribution < 1.29 is 9.53 Å². The van der Waals surface area contributed by atoms with E-state index in [4.69, 9.17) is 4.74 Å². The van der Waals surface area contributed by atoms with E-state index in [1.807, 2.05) is 55.6 Å². The molecule has 5 heteroatoms. The van der Waals surface area contributed by atoms with E-state index in [-0.39, 0.29) is 12.5 Å². The topological polar surface area (TPSA) is 56.2 Å². The van der Waals surface area contributed by atoms with Crippen LogP contribution >= 0.6 is 0 Å². The zero-order valence-electron chi connectivity index (χ0n) is 12.3. The van der Waals surface area contributed by atoms with Gasteiger partial charge in [-0.05, 0) is 29.0 Å². The molecule has 1 heterocycles. The Balaban J connectivity index is 1.54. The van der Waals surface area contributed by atoms with Crippen LogP contribution < -0.4 is 10.1 Å². The van der Waals surface area contributed by atoms with E-state index >= 15 is 0 Å². The van der Waals surface area contributed by atoms with E-state index < -0.39 is 0 Å². The van der Waals surface area contributed by atoms with Crippen molar-refractivity contribution in [3.8, 4) is 5.75 Å². The first kappa shape index (κ1) is 14.1. The van der Waals surface area contributed by atoms with Crippen LogP contribution in [0.15, 0.2) is 54.7 Å². The van der Waals surface area contributed by atoms with Crippen molar-refractivity contribution in [2.75, 3.05) is 6.61 Å². The molecule has 0 radical (unpaired) electrons. The van der Waals surface area contributed by atoms with Crippen molar-refractivity contribution in [1.29, 1.82) is 0 Å². The average Bonchev–Trinajstić information content (AvgIpc) is 2.96. The van der Waals surface area contributed by atoms with Crippen LogP contribution in [0.25, 0.3) is 10.8 Å². The maximum Gasteiger partial charge on any atom is 0.258 e. The highest BCUT2D eigenvalue weighted by Crippen LogP contribution is 2.20. The summed E-state index contributed by atoms with van der Waals surface area (Å²) in [5, 5.41) is 9.10. The number of carbonyl (C=O) groups is 1. The van der Waals surface area contributed by atoms with Gasteiger partial charge in [-0.1, -0.05) is 30.3 Å². The predicted octanol–water partition coefficient (Wildman–Crippen LogP) is 2.27. The van der Waals surface area contributed by atoms with Gasteiger partial charge in [-0.3, -0.25) is 9.48 Å². The summed E-state index contributed by atoms with van der Waals surface area (Å²) < 4.78 is 7.27. The number of carbonyl (C=O) groups excluding carboxylic acids is 1. The summed E-state index contributed by atoms with van der Waals surface area (Å²) >= 11 is 0. The smallest absolute Gasteiger partial charge is 0.258 e. The molecule has 112 valence electrons. The second kappa shape index (κ2) is 6.30. The third kappa shape index (κ3) is 3.25. The van der Waals surface area contributed by atoms with E-state index in [0.29, 0.717) is 12.3 Å². The second-order valence-electron chi connectivity index (χ2n) is 5.02. The number of benzene rings is 2. The number of nitrogens with one attached hydrogen (secondary N) is 1. The standard InChI is InChI=1S/C17H17N3O2/c1-20-15(8-9-19-20)11-18-17(21)12-22-16-7-6-13-4-2-3-5-14(13)10-16/h2-10H,11-12H2,1H3,(H,18,21). The van der Waals surface area contributed by atoms with Crippen LogP contribution in [0.1, 0.15) is 5.69 Å². The van der Waals surface area contributed by atoms with Gasteiger partial charge in [-0.2, -0.15) is 5.10 Å². The summed E-state index contributed by atoms with van der Waals surface area (Å²) in [6.45, 7) is 0.437. The summed E-state index contributed by atoms with van der Waals surface area (Å²) in [7, 11) is 1.84. The maximum absolute atomic E-state index is 11.8. The van der Waals surface area contributed by atoms with Crippen LogP contribution in [0.4, 0.5) is 0 Å². The molecule has 0 aliphatic rings. The summed E-state index contributed by atoms with van der Waals surface area (Å²) in [6, 6.07) is 15.7. The predicted molar refractivity (Wildman–Crippen MR) is 84.5 cm³/mol. The van der Waals surface area contributed by atoms with E-state index in [2.05, 4.69) is 10.4 Å². The molecule has 22 heavy (non-hydrogen) atoms. The third-order valence-electron chi connectivity index (χ3n) is 3.48. The number of aromatic nitrogens is 2. The fourth-order valence-corrected chi connectivity index (χ4v) is 2.22. The van der Waals surface area contributed by atoms with Crippen LogP contribution in [-0.4, -0.2) is 22.3 Å². The lowest BCUT2D eigenvalue weighted by Gasteiger charge is -2.08. The normalized spacial score (nSPS) is 10.6. The lowest BCUT2D eigenvalue weighted by atomic mass is 10.1. The Morgan fingerprint density at radius 1 is 1.18 bits per heavy atom. The van der Waals surface area contributed by atoms with E-state index in [0.717, 1.165) is 16.5 Å². The largest absolute Gasteiger partial charge is 0.484 e. The molecule has 3 rings (SSSR count). The molecule has 0 saturated carbocycles. The Labute approximate surface area is 128 Å². The van der Waals surface area contributed by atoms with Crippen LogP contribution in [-0.2, 0) is 18.4 Å². The number of hydrogen-bond acceptors (Lipinski definition) is 3. The molecule has 3 aromatic rings. The molecule has 1 amide bonds. The molecule has 0 aliphatic heterocycles. The van der Waals surface area contributed by atoms with Crippen molar-refractivity contribution in [2.45, 2.75) is 6.54 Å². The van der Waals surface area contributed by atoms with E-state index in [1.54, 1.807) is 10.9 Å². The minimum atomic E-state index is -0.158. The molecular weight excluding hydrogens is 278 g/mol. The van der Waals surface area contributed by atoms with Crippen LogP contribution in [0.2, 0.25) is 0 Å². The Morgan fingerprint density at radius 3 is 2.77 bits per heavy atom. The minimum Gasteiger partial charge on any atom is -0.484 e. The van der Waals surface area contributed by atoms with Crippen molar-refractivity contribution in [3.05, 3.63) is 60.4 Å². The molecule has 0 spiro atoms. The lowest BCUT2D eigenvalue weighted by Crippen LogP contribution is -2.29. The van der Waals surface area contributed by atoms with Crippen LogP contribution in [0.5, 0.6) is 5.75 Å². The Bertz CT molecular complexity index is 795. The Kier molecular flexibility index (Phi) is 4.05. The minimum absolute atomic E-state index is 0.00378. The van der Waals surface area contributed by atoms with Gasteiger partial charge in [0.1, 0.15) is 5.75 Å². The summed E-state index contributed by atoms with van der Waals surface area (Å²) in [6.07, 6.45) is 1.70. The van der Waals surface area contributed by atoms with Gasteiger partial charge >= 0.3 is 0 Å². The van der Waals surface area contributed by atoms with Gasteiger partial charge in [0, 0.05) is 13.2 Å². The molecule has 0 bridgehead atoms. The van der Waals surface area contributed by atoms with Gasteiger partial charge < -0.3 is 10.1 Å². The summed E-state index contributed by atoms with van der Waals surface area (Å²) in [5.74, 6) is 0.531. The first-order chi connectivity index (χ1) is 10.7. The third-order valence-corrected chi connectivity index (χ3v) is 3.48. The maximum atomic E-state index is 11.8. The summed E-state index contributed by atoms with van der Waals surface area (Å²) in [4.78, 5) is 11.8. The Morgan fingerprint density at radius 2 is 2.00 bits per heavy atom. The van der Waals surface area contributed by atoms with Gasteiger partial charge in [0.25, 0.3) is 5.91 Å². The number of hydrogen-bond donors (Lipinski definition) is 1. The molecule has 1 N–H and O–H groups in total. The van der Waals surface area contributed by atoms with Crippen molar-refractivity contribution >= 4 is 16.7 Å². The molecule has 1 aromatic heterocycles. The lowest BCUT2D eigenvalue weighted by molar-refractivity contribution is -0.123. The molecule has 5 nitrogen and oxygen atoms in total. The van der Waals surface area contributed by atoms with Gasteiger partial charge in [-0.15, -0.1) is 0 Å². The highest BCUT2D eigenvalue weighted by molar-refractivity contribution is 5.84. The molecule has 0 unspecified atom stereocenters. The molecule has 2 aromatic carbocycles. The highest BCUT2D eigenvalue weighted by Gasteiger charge is 2.05. The van der Waals surface area contributed by atoms with Gasteiger partial charge in [0.15, 0.2) is 6.61 Å². The molecule has 0 aliphatic carbocycles. The Hall–Kier alpha value is -2.82. The number of ether oxygens (including phenoxy) is 1. The summed E-state index contributed by atoms with van der Waals surface area (Å²) in [5.41, 5.74) is 0.944. The number of rotatable bonds is 5.